The van der Waals surface area contributed by atoms with Crippen molar-refractivity contribution in [1.82, 2.24) is 10.2 Å². The van der Waals surface area contributed by atoms with Gasteiger partial charge in [0, 0.05) is 36.4 Å². The zero-order valence-electron chi connectivity index (χ0n) is 16.2. The summed E-state index contributed by atoms with van der Waals surface area (Å²) in [4.78, 5) is 29.0. The lowest BCUT2D eigenvalue weighted by molar-refractivity contribution is 0.0571. The topological polar surface area (TPSA) is 52.7 Å². The molecular weight excluding hydrogens is 369 g/mol. The monoisotopic (exact) mass is 393 g/mol. The molecule has 0 aliphatic carbocycles. The summed E-state index contributed by atoms with van der Waals surface area (Å²) >= 11 is 0. The van der Waals surface area contributed by atoms with Crippen LogP contribution in [0, 0.1) is 5.82 Å². The number of benzene rings is 2. The molecule has 2 bridgehead atoms. The number of carbonyl (C=O) groups excluding carboxylic acids is 2. The molecule has 3 saturated heterocycles. The average Bonchev–Trinajstić information content (AvgIpc) is 3.28. The van der Waals surface area contributed by atoms with E-state index in [0.717, 1.165) is 36.9 Å². The molecule has 3 amide bonds. The van der Waals surface area contributed by atoms with Gasteiger partial charge in [-0.25, -0.2) is 9.18 Å². The SMILES string of the molecule is O=C1NCCN1c1cccc(C(=O)N2[C@@H]3CC[C@H]2CC(c2ccc(F)cc2)C3)c1. The molecule has 0 radical (unpaired) electrons. The van der Waals surface area contributed by atoms with Gasteiger partial charge >= 0.3 is 6.03 Å². The number of nitrogens with zero attached hydrogens (tertiary/aromatic N) is 2. The molecule has 3 fully saturated rings. The minimum Gasteiger partial charge on any atom is -0.336 e. The molecule has 2 aromatic rings. The van der Waals surface area contributed by atoms with E-state index in [0.29, 0.717) is 24.6 Å². The Bertz CT molecular complexity index is 931. The third kappa shape index (κ3) is 3.26. The highest BCUT2D eigenvalue weighted by Gasteiger charge is 2.43. The predicted molar refractivity (Wildman–Crippen MR) is 109 cm³/mol. The van der Waals surface area contributed by atoms with Gasteiger partial charge in [0.1, 0.15) is 5.82 Å². The highest BCUT2D eigenvalue weighted by Crippen LogP contribution is 2.43. The van der Waals surface area contributed by atoms with E-state index in [4.69, 9.17) is 0 Å². The Morgan fingerprint density at radius 3 is 2.41 bits per heavy atom. The second-order valence-electron chi connectivity index (χ2n) is 8.25. The summed E-state index contributed by atoms with van der Waals surface area (Å²) < 4.78 is 13.3. The zero-order chi connectivity index (χ0) is 20.0. The van der Waals surface area contributed by atoms with Crippen LogP contribution in [0.25, 0.3) is 0 Å². The van der Waals surface area contributed by atoms with Gasteiger partial charge in [0.2, 0.25) is 0 Å². The van der Waals surface area contributed by atoms with E-state index < -0.39 is 0 Å². The molecule has 5 rings (SSSR count). The molecule has 6 heteroatoms. The van der Waals surface area contributed by atoms with Crippen molar-refractivity contribution < 1.29 is 14.0 Å². The van der Waals surface area contributed by atoms with E-state index in [1.165, 1.54) is 12.1 Å². The van der Waals surface area contributed by atoms with Gasteiger partial charge in [-0.15, -0.1) is 0 Å². The van der Waals surface area contributed by atoms with E-state index in [-0.39, 0.29) is 29.8 Å². The summed E-state index contributed by atoms with van der Waals surface area (Å²) in [6, 6.07) is 14.5. The fourth-order valence-electron chi connectivity index (χ4n) is 5.19. The molecule has 150 valence electrons. The van der Waals surface area contributed by atoms with E-state index in [2.05, 4.69) is 10.2 Å². The molecule has 0 spiro atoms. The number of anilines is 1. The van der Waals surface area contributed by atoms with Crippen molar-refractivity contribution in [3.05, 3.63) is 65.5 Å². The number of amides is 3. The number of hydrogen-bond donors (Lipinski definition) is 1. The standard InChI is InChI=1S/C23H24FN3O2/c24-18-6-4-15(5-7-18)17-13-20-8-9-21(14-17)27(20)22(28)16-2-1-3-19(12-16)26-11-10-25-23(26)29/h1-7,12,17,20-21H,8-11,13-14H2,(H,25,29)/t17?,20-,21+. The van der Waals surface area contributed by atoms with Crippen molar-refractivity contribution in [1.29, 1.82) is 0 Å². The summed E-state index contributed by atoms with van der Waals surface area (Å²) in [7, 11) is 0. The lowest BCUT2D eigenvalue weighted by Gasteiger charge is -2.39. The Labute approximate surface area is 169 Å². The van der Waals surface area contributed by atoms with Crippen LogP contribution in [0.4, 0.5) is 14.9 Å². The number of nitrogens with one attached hydrogen (secondary N) is 1. The largest absolute Gasteiger partial charge is 0.336 e. The van der Waals surface area contributed by atoms with Gasteiger partial charge in [-0.2, -0.15) is 0 Å². The van der Waals surface area contributed by atoms with Crippen molar-refractivity contribution in [3.63, 3.8) is 0 Å². The van der Waals surface area contributed by atoms with Crippen molar-refractivity contribution in [3.8, 4) is 0 Å². The highest BCUT2D eigenvalue weighted by molar-refractivity contribution is 5.98. The molecule has 1 N–H and O–H groups in total. The molecule has 0 saturated carbocycles. The van der Waals surface area contributed by atoms with Gasteiger partial charge in [-0.1, -0.05) is 18.2 Å². The normalized spacial score (nSPS) is 26.0. The first kappa shape index (κ1) is 18.2. The third-order valence-corrected chi connectivity index (χ3v) is 6.57. The first-order chi connectivity index (χ1) is 14.1. The second-order valence-corrected chi connectivity index (χ2v) is 8.25. The van der Waals surface area contributed by atoms with Crippen LogP contribution in [0.2, 0.25) is 0 Å². The summed E-state index contributed by atoms with van der Waals surface area (Å²) in [5.41, 5.74) is 2.57. The average molecular weight is 393 g/mol. The maximum absolute atomic E-state index is 13.4. The van der Waals surface area contributed by atoms with Crippen LogP contribution in [0.1, 0.15) is 47.5 Å². The summed E-state index contributed by atoms with van der Waals surface area (Å²) in [5.74, 6) is 0.212. The van der Waals surface area contributed by atoms with Crippen LogP contribution < -0.4 is 10.2 Å². The Hall–Kier alpha value is -2.89. The fourth-order valence-corrected chi connectivity index (χ4v) is 5.19. The molecule has 2 aromatic carbocycles. The van der Waals surface area contributed by atoms with Gasteiger partial charge in [-0.3, -0.25) is 9.69 Å². The fraction of sp³-hybridized carbons (Fsp3) is 0.391. The molecule has 1 unspecified atom stereocenters. The van der Waals surface area contributed by atoms with Crippen molar-refractivity contribution in [2.24, 2.45) is 0 Å². The maximum atomic E-state index is 13.4. The molecule has 29 heavy (non-hydrogen) atoms. The number of urea groups is 1. The molecule has 3 aliphatic rings. The van der Waals surface area contributed by atoms with Crippen LogP contribution in [0.5, 0.6) is 0 Å². The van der Waals surface area contributed by atoms with Crippen LogP contribution >= 0.6 is 0 Å². The quantitative estimate of drug-likeness (QED) is 0.860. The van der Waals surface area contributed by atoms with Gasteiger partial charge in [0.05, 0.1) is 0 Å². The molecule has 0 aromatic heterocycles. The highest BCUT2D eigenvalue weighted by atomic mass is 19.1. The molecule has 3 heterocycles. The molecule has 3 atom stereocenters. The van der Waals surface area contributed by atoms with Gasteiger partial charge < -0.3 is 10.2 Å². The Balaban J connectivity index is 1.35. The lowest BCUT2D eigenvalue weighted by atomic mass is 9.85. The van der Waals surface area contributed by atoms with E-state index in [1.54, 1.807) is 4.90 Å². The first-order valence-corrected chi connectivity index (χ1v) is 10.3. The Kier molecular flexibility index (Phi) is 4.49. The van der Waals surface area contributed by atoms with E-state index in [9.17, 15) is 14.0 Å². The first-order valence-electron chi connectivity index (χ1n) is 10.3. The number of hydrogen-bond acceptors (Lipinski definition) is 2. The zero-order valence-corrected chi connectivity index (χ0v) is 16.2. The second kappa shape index (κ2) is 7.17. The lowest BCUT2D eigenvalue weighted by Crippen LogP contribution is -2.46. The molecular formula is C23H24FN3O2. The van der Waals surface area contributed by atoms with Gasteiger partial charge in [0.15, 0.2) is 0 Å². The minimum absolute atomic E-state index is 0.0523. The Morgan fingerprint density at radius 1 is 1.03 bits per heavy atom. The smallest absolute Gasteiger partial charge is 0.321 e. The number of fused-ring (bicyclic) bond motifs is 2. The van der Waals surface area contributed by atoms with Crippen LogP contribution in [0.15, 0.2) is 48.5 Å². The summed E-state index contributed by atoms with van der Waals surface area (Å²) in [6.07, 6.45) is 3.87. The number of halogens is 1. The molecule has 3 aliphatic heterocycles. The van der Waals surface area contributed by atoms with Crippen LogP contribution in [-0.2, 0) is 0 Å². The van der Waals surface area contributed by atoms with Gasteiger partial charge in [0.25, 0.3) is 5.91 Å². The number of piperidine rings is 1. The minimum atomic E-state index is -0.212. The number of carbonyl (C=O) groups is 2. The van der Waals surface area contributed by atoms with E-state index in [1.807, 2.05) is 36.4 Å². The summed E-state index contributed by atoms with van der Waals surface area (Å²) in [5, 5.41) is 2.80. The molecule has 5 nitrogen and oxygen atoms in total. The van der Waals surface area contributed by atoms with Crippen molar-refractivity contribution in [2.45, 2.75) is 43.7 Å². The summed E-state index contributed by atoms with van der Waals surface area (Å²) in [6.45, 7) is 1.24. The predicted octanol–water partition coefficient (Wildman–Crippen LogP) is 3.91. The van der Waals surface area contributed by atoms with Gasteiger partial charge in [-0.05, 0) is 67.5 Å². The van der Waals surface area contributed by atoms with Crippen molar-refractivity contribution in [2.75, 3.05) is 18.0 Å². The third-order valence-electron chi connectivity index (χ3n) is 6.57. The number of rotatable bonds is 3. The maximum Gasteiger partial charge on any atom is 0.321 e. The van der Waals surface area contributed by atoms with E-state index >= 15 is 0 Å². The Morgan fingerprint density at radius 2 is 1.76 bits per heavy atom. The van der Waals surface area contributed by atoms with Crippen LogP contribution in [0.3, 0.4) is 0 Å². The van der Waals surface area contributed by atoms with Crippen molar-refractivity contribution >= 4 is 17.6 Å². The van der Waals surface area contributed by atoms with Crippen LogP contribution in [-0.4, -0.2) is 42.0 Å².